The normalized spacial score (nSPS) is 12.0. The van der Waals surface area contributed by atoms with Crippen molar-refractivity contribution in [3.8, 4) is 5.75 Å². The third kappa shape index (κ3) is 3.87. The summed E-state index contributed by atoms with van der Waals surface area (Å²) < 4.78 is 5.23. The number of carbonyl (C=O) groups is 1. The SMILES string of the molecule is CC(Cc1c[nH]c2ccc(O)cc12)NC(=O)OCc1ccccc1. The number of hydrogen-bond donors (Lipinski definition) is 3. The number of aromatic hydroxyl groups is 1. The lowest BCUT2D eigenvalue weighted by Gasteiger charge is -2.13. The molecule has 124 valence electrons. The first-order chi connectivity index (χ1) is 11.6. The van der Waals surface area contributed by atoms with Gasteiger partial charge in [-0.1, -0.05) is 30.3 Å². The van der Waals surface area contributed by atoms with Gasteiger partial charge in [-0.3, -0.25) is 0 Å². The third-order valence-electron chi connectivity index (χ3n) is 3.85. The number of amides is 1. The number of H-pyrrole nitrogens is 1. The van der Waals surface area contributed by atoms with Crippen molar-refractivity contribution in [3.05, 3.63) is 65.9 Å². The summed E-state index contributed by atoms with van der Waals surface area (Å²) in [5.74, 6) is 0.228. The van der Waals surface area contributed by atoms with Crippen molar-refractivity contribution in [1.29, 1.82) is 0 Å². The first kappa shape index (κ1) is 15.9. The Labute approximate surface area is 140 Å². The van der Waals surface area contributed by atoms with Crippen LogP contribution in [0.25, 0.3) is 10.9 Å². The van der Waals surface area contributed by atoms with Crippen LogP contribution in [0.1, 0.15) is 18.1 Å². The summed E-state index contributed by atoms with van der Waals surface area (Å²) in [6.07, 6.45) is 2.11. The fourth-order valence-corrected chi connectivity index (χ4v) is 2.68. The van der Waals surface area contributed by atoms with Crippen molar-refractivity contribution < 1.29 is 14.6 Å². The molecule has 1 aromatic heterocycles. The Morgan fingerprint density at radius 2 is 2.04 bits per heavy atom. The molecule has 3 aromatic rings. The summed E-state index contributed by atoms with van der Waals surface area (Å²) in [5, 5.41) is 13.4. The maximum atomic E-state index is 11.9. The highest BCUT2D eigenvalue weighted by molar-refractivity contribution is 5.84. The van der Waals surface area contributed by atoms with Crippen LogP contribution < -0.4 is 5.32 Å². The smallest absolute Gasteiger partial charge is 0.407 e. The molecule has 3 N–H and O–H groups in total. The van der Waals surface area contributed by atoms with Gasteiger partial charge in [0.2, 0.25) is 0 Å². The predicted octanol–water partition coefficient (Wildman–Crippen LogP) is 3.73. The van der Waals surface area contributed by atoms with Crippen LogP contribution in [-0.4, -0.2) is 22.2 Å². The number of ether oxygens (including phenoxy) is 1. The molecular weight excluding hydrogens is 304 g/mol. The van der Waals surface area contributed by atoms with Gasteiger partial charge in [-0.15, -0.1) is 0 Å². The van der Waals surface area contributed by atoms with E-state index in [2.05, 4.69) is 10.3 Å². The lowest BCUT2D eigenvalue weighted by Crippen LogP contribution is -2.34. The van der Waals surface area contributed by atoms with Gasteiger partial charge in [-0.2, -0.15) is 0 Å². The quantitative estimate of drug-likeness (QED) is 0.669. The number of aromatic nitrogens is 1. The molecule has 0 aliphatic carbocycles. The number of aromatic amines is 1. The lowest BCUT2D eigenvalue weighted by atomic mass is 10.1. The maximum absolute atomic E-state index is 11.9. The number of hydrogen-bond acceptors (Lipinski definition) is 3. The van der Waals surface area contributed by atoms with Crippen molar-refractivity contribution in [2.75, 3.05) is 0 Å². The van der Waals surface area contributed by atoms with Crippen molar-refractivity contribution in [2.45, 2.75) is 26.0 Å². The second-order valence-corrected chi connectivity index (χ2v) is 5.86. The largest absolute Gasteiger partial charge is 0.508 e. The van der Waals surface area contributed by atoms with Gasteiger partial charge in [0.1, 0.15) is 12.4 Å². The molecule has 0 saturated heterocycles. The van der Waals surface area contributed by atoms with Crippen LogP contribution in [-0.2, 0) is 17.8 Å². The summed E-state index contributed by atoms with van der Waals surface area (Å²) in [7, 11) is 0. The number of nitrogens with one attached hydrogen (secondary N) is 2. The molecule has 3 rings (SSSR count). The topological polar surface area (TPSA) is 74.4 Å². The van der Waals surface area contributed by atoms with Gasteiger partial charge in [0, 0.05) is 23.1 Å². The first-order valence-corrected chi connectivity index (χ1v) is 7.88. The molecule has 0 radical (unpaired) electrons. The van der Waals surface area contributed by atoms with Crippen LogP contribution in [0, 0.1) is 0 Å². The molecule has 0 bridgehead atoms. The van der Waals surface area contributed by atoms with Crippen molar-refractivity contribution >= 4 is 17.0 Å². The van der Waals surface area contributed by atoms with Crippen molar-refractivity contribution in [2.24, 2.45) is 0 Å². The zero-order chi connectivity index (χ0) is 16.9. The minimum atomic E-state index is -0.436. The van der Waals surface area contributed by atoms with Gasteiger partial charge in [0.25, 0.3) is 0 Å². The third-order valence-corrected chi connectivity index (χ3v) is 3.85. The average Bonchev–Trinajstić information content (AvgIpc) is 2.96. The number of phenols is 1. The zero-order valence-electron chi connectivity index (χ0n) is 13.5. The molecule has 5 nitrogen and oxygen atoms in total. The van der Waals surface area contributed by atoms with E-state index in [1.807, 2.05) is 49.5 Å². The van der Waals surface area contributed by atoms with E-state index in [1.54, 1.807) is 12.1 Å². The number of benzene rings is 2. The van der Waals surface area contributed by atoms with Crippen LogP contribution in [0.4, 0.5) is 4.79 Å². The van der Waals surface area contributed by atoms with Crippen LogP contribution in [0.3, 0.4) is 0 Å². The van der Waals surface area contributed by atoms with Gasteiger partial charge in [0.05, 0.1) is 0 Å². The molecule has 1 atom stereocenters. The fourth-order valence-electron chi connectivity index (χ4n) is 2.68. The van der Waals surface area contributed by atoms with Gasteiger partial charge in [-0.25, -0.2) is 4.79 Å². The molecule has 24 heavy (non-hydrogen) atoms. The average molecular weight is 324 g/mol. The van der Waals surface area contributed by atoms with E-state index in [-0.39, 0.29) is 18.4 Å². The predicted molar refractivity (Wildman–Crippen MR) is 92.9 cm³/mol. The number of fused-ring (bicyclic) bond motifs is 1. The zero-order valence-corrected chi connectivity index (χ0v) is 13.5. The van der Waals surface area contributed by atoms with Crippen LogP contribution in [0.15, 0.2) is 54.7 Å². The highest BCUT2D eigenvalue weighted by Crippen LogP contribution is 2.23. The van der Waals surface area contributed by atoms with E-state index in [0.29, 0.717) is 6.42 Å². The highest BCUT2D eigenvalue weighted by atomic mass is 16.5. The first-order valence-electron chi connectivity index (χ1n) is 7.88. The molecule has 1 heterocycles. The molecule has 2 aromatic carbocycles. The minimum absolute atomic E-state index is 0.0883. The van der Waals surface area contributed by atoms with E-state index in [4.69, 9.17) is 4.74 Å². The van der Waals surface area contributed by atoms with Crippen LogP contribution in [0.5, 0.6) is 5.75 Å². The number of rotatable bonds is 5. The highest BCUT2D eigenvalue weighted by Gasteiger charge is 2.12. The lowest BCUT2D eigenvalue weighted by molar-refractivity contribution is 0.136. The van der Waals surface area contributed by atoms with Crippen molar-refractivity contribution in [1.82, 2.24) is 10.3 Å². The Kier molecular flexibility index (Phi) is 4.70. The fraction of sp³-hybridized carbons (Fsp3) is 0.211. The van der Waals surface area contributed by atoms with Crippen molar-refractivity contribution in [3.63, 3.8) is 0 Å². The maximum Gasteiger partial charge on any atom is 0.407 e. The Balaban J connectivity index is 1.55. The number of alkyl carbamates (subject to hydrolysis) is 1. The van der Waals surface area contributed by atoms with E-state index in [0.717, 1.165) is 22.0 Å². The standard InChI is InChI=1S/C19H20N2O3/c1-13(21-19(23)24-12-14-5-3-2-4-6-14)9-15-11-20-18-8-7-16(22)10-17(15)18/h2-8,10-11,13,20,22H,9,12H2,1H3,(H,21,23). The van der Waals surface area contributed by atoms with Gasteiger partial charge < -0.3 is 20.1 Å². The molecule has 0 aliphatic heterocycles. The second-order valence-electron chi connectivity index (χ2n) is 5.86. The summed E-state index contributed by atoms with van der Waals surface area (Å²) in [4.78, 5) is 15.1. The monoisotopic (exact) mass is 324 g/mol. The van der Waals surface area contributed by atoms with E-state index in [9.17, 15) is 9.90 Å². The van der Waals surface area contributed by atoms with E-state index in [1.165, 1.54) is 0 Å². The molecule has 0 fully saturated rings. The molecule has 0 spiro atoms. The van der Waals surface area contributed by atoms with E-state index < -0.39 is 6.09 Å². The molecule has 1 amide bonds. The summed E-state index contributed by atoms with van der Waals surface area (Å²) in [6, 6.07) is 14.7. The Hall–Kier alpha value is -2.95. The second kappa shape index (κ2) is 7.08. The Bertz CT molecular complexity index is 827. The van der Waals surface area contributed by atoms with Gasteiger partial charge in [-0.05, 0) is 42.7 Å². The summed E-state index contributed by atoms with van der Waals surface area (Å²) in [6.45, 7) is 2.17. The minimum Gasteiger partial charge on any atom is -0.508 e. The molecule has 0 saturated carbocycles. The van der Waals surface area contributed by atoms with Gasteiger partial charge in [0.15, 0.2) is 0 Å². The van der Waals surface area contributed by atoms with Crippen LogP contribution >= 0.6 is 0 Å². The summed E-state index contributed by atoms with van der Waals surface area (Å²) in [5.41, 5.74) is 2.95. The number of phenolic OH excluding ortho intramolecular Hbond substituents is 1. The molecule has 5 heteroatoms. The molecular formula is C19H20N2O3. The van der Waals surface area contributed by atoms with E-state index >= 15 is 0 Å². The Morgan fingerprint density at radius 1 is 1.25 bits per heavy atom. The van der Waals surface area contributed by atoms with Gasteiger partial charge >= 0.3 is 6.09 Å². The number of carbonyl (C=O) groups excluding carboxylic acids is 1. The van der Waals surface area contributed by atoms with Crippen LogP contribution in [0.2, 0.25) is 0 Å². The molecule has 0 aliphatic rings. The Morgan fingerprint density at radius 3 is 2.83 bits per heavy atom. The molecule has 1 unspecified atom stereocenters. The summed E-state index contributed by atoms with van der Waals surface area (Å²) >= 11 is 0.